The maximum atomic E-state index is 14.0. The third-order valence-corrected chi connectivity index (χ3v) is 10.7. The van der Waals surface area contributed by atoms with Crippen molar-refractivity contribution >= 4 is 5.78 Å². The highest BCUT2D eigenvalue weighted by Gasteiger charge is 2.57. The molecule has 0 spiro atoms. The van der Waals surface area contributed by atoms with Gasteiger partial charge in [0.15, 0.2) is 5.76 Å². The molecule has 1 saturated carbocycles. The van der Waals surface area contributed by atoms with Crippen molar-refractivity contribution in [2.45, 2.75) is 89.1 Å². The van der Waals surface area contributed by atoms with Crippen LogP contribution in [0, 0.1) is 5.41 Å². The Labute approximate surface area is 283 Å². The molecular weight excluding hydrogens is 610 g/mol. The second-order valence-corrected chi connectivity index (χ2v) is 13.9. The summed E-state index contributed by atoms with van der Waals surface area (Å²) in [6.07, 6.45) is 6.51. The van der Waals surface area contributed by atoms with Crippen molar-refractivity contribution in [2.24, 2.45) is 5.41 Å². The zero-order valence-electron chi connectivity index (χ0n) is 28.7. The van der Waals surface area contributed by atoms with E-state index in [1.54, 1.807) is 26.4 Å². The number of aliphatic hydroxyl groups is 4. The molecule has 1 fully saturated rings. The minimum Gasteiger partial charge on any atom is -0.497 e. The maximum Gasteiger partial charge on any atom is 0.228 e. The summed E-state index contributed by atoms with van der Waals surface area (Å²) in [5, 5.41) is 44.2. The van der Waals surface area contributed by atoms with Gasteiger partial charge in [0.25, 0.3) is 0 Å². The Morgan fingerprint density at radius 2 is 1.92 bits per heavy atom. The highest BCUT2D eigenvalue weighted by molar-refractivity contribution is 6.08. The summed E-state index contributed by atoms with van der Waals surface area (Å²) in [4.78, 5) is 16.0. The van der Waals surface area contributed by atoms with Crippen molar-refractivity contribution in [2.75, 3.05) is 33.9 Å². The van der Waals surface area contributed by atoms with Gasteiger partial charge in [-0.05, 0) is 93.2 Å². The SMILES string of the molecule is COc1ccc(CN(CC(O)CO)CC2(O)CCC3c4ccc(cc4C(=O)c4ccco4)CC(O)CCC(C)=CCCC32C)c(OC)c1. The van der Waals surface area contributed by atoms with Crippen LogP contribution in [-0.4, -0.2) is 82.8 Å². The number of ketones is 1. The number of nitrogens with zero attached hydrogens (tertiary/aromatic N) is 1. The number of ether oxygens (including phenoxy) is 2. The molecule has 4 N–H and O–H groups in total. The second kappa shape index (κ2) is 15.4. The number of hydrogen-bond donors (Lipinski definition) is 4. The van der Waals surface area contributed by atoms with E-state index < -0.39 is 29.8 Å². The van der Waals surface area contributed by atoms with Crippen LogP contribution in [0.15, 0.2) is 70.9 Å². The Morgan fingerprint density at radius 3 is 2.62 bits per heavy atom. The van der Waals surface area contributed by atoms with Gasteiger partial charge in [-0.3, -0.25) is 9.69 Å². The minimum atomic E-state index is -1.20. The molecule has 0 saturated heterocycles. The lowest BCUT2D eigenvalue weighted by molar-refractivity contribution is -0.0908. The fourth-order valence-electron chi connectivity index (χ4n) is 7.87. The van der Waals surface area contributed by atoms with Gasteiger partial charge in [-0.25, -0.2) is 0 Å². The van der Waals surface area contributed by atoms with Crippen LogP contribution in [0.4, 0.5) is 0 Å². The topological polar surface area (TPSA) is 133 Å². The van der Waals surface area contributed by atoms with Gasteiger partial charge in [-0.2, -0.15) is 0 Å². The number of allylic oxidation sites excluding steroid dienone is 2. The number of aliphatic hydroxyl groups excluding tert-OH is 3. The molecule has 48 heavy (non-hydrogen) atoms. The average Bonchev–Trinajstić information content (AvgIpc) is 3.70. The predicted molar refractivity (Wildman–Crippen MR) is 183 cm³/mol. The van der Waals surface area contributed by atoms with Gasteiger partial charge < -0.3 is 34.3 Å². The largest absolute Gasteiger partial charge is 0.497 e. The molecule has 5 unspecified atom stereocenters. The summed E-state index contributed by atoms with van der Waals surface area (Å²) in [6, 6.07) is 14.9. The molecule has 1 aromatic heterocycles. The van der Waals surface area contributed by atoms with E-state index in [-0.39, 0.29) is 30.6 Å². The van der Waals surface area contributed by atoms with Crippen LogP contribution in [0.3, 0.4) is 0 Å². The van der Waals surface area contributed by atoms with E-state index in [0.29, 0.717) is 55.7 Å². The molecule has 3 aliphatic rings. The van der Waals surface area contributed by atoms with Crippen molar-refractivity contribution in [3.05, 3.63) is 94.5 Å². The van der Waals surface area contributed by atoms with Gasteiger partial charge in [0.05, 0.1) is 44.9 Å². The fraction of sp³-hybridized carbons (Fsp3) is 0.513. The molecule has 3 aliphatic carbocycles. The zero-order valence-corrected chi connectivity index (χ0v) is 28.7. The first-order chi connectivity index (χ1) is 23.0. The molecular formula is C39H51NO8. The molecule has 0 aliphatic heterocycles. The van der Waals surface area contributed by atoms with E-state index in [2.05, 4.69) is 19.9 Å². The molecule has 3 aromatic rings. The molecule has 5 atom stereocenters. The number of carbonyl (C=O) groups excluding carboxylic acids is 1. The third kappa shape index (κ3) is 7.71. The summed E-state index contributed by atoms with van der Waals surface area (Å²) < 4.78 is 16.6. The molecule has 9 heteroatoms. The third-order valence-electron chi connectivity index (χ3n) is 10.7. The fourth-order valence-corrected chi connectivity index (χ4v) is 7.87. The van der Waals surface area contributed by atoms with Crippen LogP contribution in [0.2, 0.25) is 0 Å². The standard InChI is InChI=1S/C39H51NO8/c1-26-7-5-16-38(2)34(32-14-10-27(19-29(42)12-9-26)20-33(32)37(44)35-8-6-18-48-35)15-17-39(38,45)25-40(23-30(43)24-41)22-28-11-13-31(46-3)21-36(28)47-4/h6-8,10-11,13-14,18,20-21,29-30,34,41-43,45H,5,9,12,15-17,19,22-25H2,1-4H3. The van der Waals surface area contributed by atoms with Gasteiger partial charge in [0.1, 0.15) is 11.5 Å². The highest BCUT2D eigenvalue weighted by atomic mass is 16.5. The van der Waals surface area contributed by atoms with E-state index in [1.807, 2.05) is 41.3 Å². The van der Waals surface area contributed by atoms with Crippen molar-refractivity contribution in [1.82, 2.24) is 4.90 Å². The maximum absolute atomic E-state index is 14.0. The Morgan fingerprint density at radius 1 is 1.10 bits per heavy atom. The quantitative estimate of drug-likeness (QED) is 0.157. The average molecular weight is 662 g/mol. The van der Waals surface area contributed by atoms with Crippen LogP contribution in [0.1, 0.15) is 91.1 Å². The smallest absolute Gasteiger partial charge is 0.228 e. The summed E-state index contributed by atoms with van der Waals surface area (Å²) >= 11 is 0. The Hall–Kier alpha value is -3.47. The molecule has 260 valence electrons. The van der Waals surface area contributed by atoms with E-state index >= 15 is 0 Å². The number of fused-ring (bicyclic) bond motifs is 8. The molecule has 2 aromatic carbocycles. The van der Waals surface area contributed by atoms with Crippen LogP contribution in [0.25, 0.3) is 0 Å². The van der Waals surface area contributed by atoms with Crippen LogP contribution in [0.5, 0.6) is 11.5 Å². The lowest BCUT2D eigenvalue weighted by atomic mass is 9.64. The van der Waals surface area contributed by atoms with Crippen molar-refractivity contribution < 1.29 is 39.1 Å². The molecule has 6 rings (SSSR count). The number of furan rings is 1. The Balaban J connectivity index is 1.57. The zero-order chi connectivity index (χ0) is 34.5. The number of methoxy groups -OCH3 is 2. The normalized spacial score (nSPS) is 25.3. The van der Waals surface area contributed by atoms with Gasteiger partial charge >= 0.3 is 0 Å². The number of rotatable bonds is 11. The van der Waals surface area contributed by atoms with Gasteiger partial charge in [0, 0.05) is 42.2 Å². The van der Waals surface area contributed by atoms with E-state index in [9.17, 15) is 25.2 Å². The Bertz CT molecular complexity index is 1570. The van der Waals surface area contributed by atoms with Crippen LogP contribution in [-0.2, 0) is 13.0 Å². The first-order valence-electron chi connectivity index (χ1n) is 17.0. The summed E-state index contributed by atoms with van der Waals surface area (Å²) in [6.45, 7) is 4.57. The highest BCUT2D eigenvalue weighted by Crippen LogP contribution is 2.59. The predicted octanol–water partition coefficient (Wildman–Crippen LogP) is 5.42. The van der Waals surface area contributed by atoms with E-state index in [0.717, 1.165) is 29.5 Å². The molecule has 2 bridgehead atoms. The lowest BCUT2D eigenvalue weighted by Crippen LogP contribution is -2.53. The molecule has 9 nitrogen and oxygen atoms in total. The number of benzene rings is 2. The second-order valence-electron chi connectivity index (χ2n) is 13.9. The molecule has 0 amide bonds. The van der Waals surface area contributed by atoms with Gasteiger partial charge in [-0.15, -0.1) is 0 Å². The molecule has 1 heterocycles. The number of hydrogen-bond acceptors (Lipinski definition) is 9. The first-order valence-corrected chi connectivity index (χ1v) is 17.0. The van der Waals surface area contributed by atoms with Crippen molar-refractivity contribution in [3.8, 4) is 11.5 Å². The van der Waals surface area contributed by atoms with Gasteiger partial charge in [-0.1, -0.05) is 36.8 Å². The Kier molecular flexibility index (Phi) is 11.5. The monoisotopic (exact) mass is 661 g/mol. The van der Waals surface area contributed by atoms with Crippen LogP contribution >= 0.6 is 0 Å². The van der Waals surface area contributed by atoms with E-state index in [4.69, 9.17) is 13.9 Å². The summed E-state index contributed by atoms with van der Waals surface area (Å²) in [5.74, 6) is 1.16. The van der Waals surface area contributed by atoms with E-state index in [1.165, 1.54) is 11.8 Å². The number of carbonyl (C=O) groups is 1. The summed E-state index contributed by atoms with van der Waals surface area (Å²) in [5.41, 5.74) is 2.48. The van der Waals surface area contributed by atoms with Gasteiger partial charge in [0.2, 0.25) is 5.78 Å². The lowest BCUT2D eigenvalue weighted by Gasteiger charge is -2.46. The molecule has 0 radical (unpaired) electrons. The minimum absolute atomic E-state index is 0.146. The first kappa shape index (κ1) is 35.8. The summed E-state index contributed by atoms with van der Waals surface area (Å²) in [7, 11) is 3.19. The van der Waals surface area contributed by atoms with Crippen LogP contribution < -0.4 is 9.47 Å². The van der Waals surface area contributed by atoms with Crippen molar-refractivity contribution in [3.63, 3.8) is 0 Å². The van der Waals surface area contributed by atoms with Crippen molar-refractivity contribution in [1.29, 1.82) is 0 Å².